The van der Waals surface area contributed by atoms with Gasteiger partial charge in [-0.25, -0.2) is 9.97 Å². The molecule has 4 rings (SSSR count). The molecule has 0 bridgehead atoms. The number of halogens is 1. The Balaban J connectivity index is 1.66. The van der Waals surface area contributed by atoms with E-state index < -0.39 is 0 Å². The highest BCUT2D eigenvalue weighted by Gasteiger charge is 2.05. The predicted molar refractivity (Wildman–Crippen MR) is 103 cm³/mol. The van der Waals surface area contributed by atoms with E-state index in [1.807, 2.05) is 48.5 Å². The van der Waals surface area contributed by atoms with Crippen molar-refractivity contribution in [1.82, 2.24) is 9.97 Å². The van der Waals surface area contributed by atoms with Crippen LogP contribution in [0.25, 0.3) is 33.8 Å². The standard InChI is InChI=1S/C22H15ClN2/c23-20-12-10-18(11-13-20)21-14-15-24-22(25-21)19-8-6-17(7-9-19)16-4-2-1-3-5-16/h1-15H. The Labute approximate surface area is 151 Å². The van der Waals surface area contributed by atoms with Crippen LogP contribution in [0.15, 0.2) is 91.1 Å². The summed E-state index contributed by atoms with van der Waals surface area (Å²) in [5.41, 5.74) is 5.28. The second-order valence-corrected chi connectivity index (χ2v) is 6.15. The third-order valence-electron chi connectivity index (χ3n) is 4.05. The quantitative estimate of drug-likeness (QED) is 0.447. The molecule has 0 radical (unpaired) electrons. The van der Waals surface area contributed by atoms with E-state index in [1.165, 1.54) is 11.1 Å². The second-order valence-electron chi connectivity index (χ2n) is 5.72. The van der Waals surface area contributed by atoms with E-state index in [4.69, 9.17) is 16.6 Å². The van der Waals surface area contributed by atoms with Crippen LogP contribution in [0, 0.1) is 0 Å². The summed E-state index contributed by atoms with van der Waals surface area (Å²) in [4.78, 5) is 9.11. The van der Waals surface area contributed by atoms with Crippen molar-refractivity contribution in [2.75, 3.05) is 0 Å². The number of benzene rings is 3. The second kappa shape index (κ2) is 6.88. The zero-order valence-corrected chi connectivity index (χ0v) is 14.2. The lowest BCUT2D eigenvalue weighted by molar-refractivity contribution is 1.18. The van der Waals surface area contributed by atoms with E-state index >= 15 is 0 Å². The number of hydrogen-bond donors (Lipinski definition) is 0. The van der Waals surface area contributed by atoms with Gasteiger partial charge in [-0.05, 0) is 29.3 Å². The number of hydrogen-bond acceptors (Lipinski definition) is 2. The van der Waals surface area contributed by atoms with Gasteiger partial charge in [0.2, 0.25) is 0 Å². The Bertz CT molecular complexity index is 978. The molecule has 2 nitrogen and oxygen atoms in total. The Morgan fingerprint density at radius 1 is 0.560 bits per heavy atom. The van der Waals surface area contributed by atoms with E-state index in [0.29, 0.717) is 5.82 Å². The summed E-state index contributed by atoms with van der Waals surface area (Å²) in [6.07, 6.45) is 1.79. The van der Waals surface area contributed by atoms with Crippen molar-refractivity contribution in [3.05, 3.63) is 96.1 Å². The van der Waals surface area contributed by atoms with Crippen molar-refractivity contribution in [2.24, 2.45) is 0 Å². The fourth-order valence-corrected chi connectivity index (χ4v) is 2.85. The van der Waals surface area contributed by atoms with E-state index in [9.17, 15) is 0 Å². The highest BCUT2D eigenvalue weighted by molar-refractivity contribution is 6.30. The molecule has 0 amide bonds. The summed E-state index contributed by atoms with van der Waals surface area (Å²) in [6.45, 7) is 0. The summed E-state index contributed by atoms with van der Waals surface area (Å²) in [6, 6.07) is 28.2. The molecule has 3 heteroatoms. The Kier molecular flexibility index (Phi) is 4.28. The first-order valence-electron chi connectivity index (χ1n) is 8.04. The van der Waals surface area contributed by atoms with Gasteiger partial charge < -0.3 is 0 Å². The molecule has 0 saturated heterocycles. The summed E-state index contributed by atoms with van der Waals surface area (Å²) in [7, 11) is 0. The van der Waals surface area contributed by atoms with Gasteiger partial charge in [0.25, 0.3) is 0 Å². The average molecular weight is 343 g/mol. The van der Waals surface area contributed by atoms with Gasteiger partial charge in [0.1, 0.15) is 0 Å². The van der Waals surface area contributed by atoms with E-state index in [-0.39, 0.29) is 0 Å². The monoisotopic (exact) mass is 342 g/mol. The molecule has 25 heavy (non-hydrogen) atoms. The molecular weight excluding hydrogens is 328 g/mol. The van der Waals surface area contributed by atoms with Gasteiger partial charge in [-0.3, -0.25) is 0 Å². The van der Waals surface area contributed by atoms with Crippen molar-refractivity contribution in [1.29, 1.82) is 0 Å². The van der Waals surface area contributed by atoms with Crippen LogP contribution in [-0.4, -0.2) is 9.97 Å². The van der Waals surface area contributed by atoms with Crippen molar-refractivity contribution >= 4 is 11.6 Å². The predicted octanol–water partition coefficient (Wildman–Crippen LogP) is 6.13. The van der Waals surface area contributed by atoms with Gasteiger partial charge in [-0.15, -0.1) is 0 Å². The Morgan fingerprint density at radius 3 is 1.88 bits per heavy atom. The minimum absolute atomic E-state index is 0.715. The van der Waals surface area contributed by atoms with Gasteiger partial charge in [0.15, 0.2) is 5.82 Å². The zero-order chi connectivity index (χ0) is 17.1. The fourth-order valence-electron chi connectivity index (χ4n) is 2.72. The molecule has 0 atom stereocenters. The molecule has 0 N–H and O–H groups in total. The highest BCUT2D eigenvalue weighted by Crippen LogP contribution is 2.25. The van der Waals surface area contributed by atoms with E-state index in [2.05, 4.69) is 41.4 Å². The summed E-state index contributed by atoms with van der Waals surface area (Å²) >= 11 is 5.96. The van der Waals surface area contributed by atoms with Crippen LogP contribution in [0.3, 0.4) is 0 Å². The summed E-state index contributed by atoms with van der Waals surface area (Å²) in [5, 5.41) is 0.717. The minimum Gasteiger partial charge on any atom is -0.237 e. The maximum Gasteiger partial charge on any atom is 0.159 e. The molecule has 4 aromatic rings. The Morgan fingerprint density at radius 2 is 1.16 bits per heavy atom. The van der Waals surface area contributed by atoms with Crippen molar-refractivity contribution < 1.29 is 0 Å². The first-order valence-corrected chi connectivity index (χ1v) is 8.42. The first kappa shape index (κ1) is 15.6. The fraction of sp³-hybridized carbons (Fsp3) is 0. The lowest BCUT2D eigenvalue weighted by Gasteiger charge is -2.06. The Hall–Kier alpha value is -2.97. The largest absolute Gasteiger partial charge is 0.237 e. The molecule has 0 spiro atoms. The molecule has 1 heterocycles. The highest BCUT2D eigenvalue weighted by atomic mass is 35.5. The normalized spacial score (nSPS) is 10.6. The summed E-state index contributed by atoms with van der Waals surface area (Å²) < 4.78 is 0. The van der Waals surface area contributed by atoms with Gasteiger partial charge >= 0.3 is 0 Å². The third-order valence-corrected chi connectivity index (χ3v) is 4.30. The molecule has 0 saturated carbocycles. The molecule has 0 fully saturated rings. The van der Waals surface area contributed by atoms with Gasteiger partial charge in [-0.1, -0.05) is 78.3 Å². The molecule has 0 aliphatic rings. The zero-order valence-electron chi connectivity index (χ0n) is 13.4. The molecule has 120 valence electrons. The van der Waals surface area contributed by atoms with E-state index in [0.717, 1.165) is 21.8 Å². The minimum atomic E-state index is 0.715. The van der Waals surface area contributed by atoms with Gasteiger partial charge in [0.05, 0.1) is 5.69 Å². The lowest BCUT2D eigenvalue weighted by Crippen LogP contribution is -1.91. The number of nitrogens with zero attached hydrogens (tertiary/aromatic N) is 2. The van der Waals surface area contributed by atoms with Crippen molar-refractivity contribution in [2.45, 2.75) is 0 Å². The van der Waals surface area contributed by atoms with Crippen molar-refractivity contribution in [3.63, 3.8) is 0 Å². The van der Waals surface area contributed by atoms with Crippen LogP contribution >= 0.6 is 11.6 Å². The van der Waals surface area contributed by atoms with Crippen LogP contribution < -0.4 is 0 Å². The van der Waals surface area contributed by atoms with Crippen LogP contribution in [0.5, 0.6) is 0 Å². The topological polar surface area (TPSA) is 25.8 Å². The number of rotatable bonds is 3. The molecule has 1 aromatic heterocycles. The van der Waals surface area contributed by atoms with Crippen LogP contribution in [0.2, 0.25) is 5.02 Å². The third kappa shape index (κ3) is 3.44. The first-order chi connectivity index (χ1) is 12.3. The maximum absolute atomic E-state index is 5.96. The molecule has 0 aliphatic carbocycles. The van der Waals surface area contributed by atoms with Crippen molar-refractivity contribution in [3.8, 4) is 33.8 Å². The molecule has 3 aromatic carbocycles. The maximum atomic E-state index is 5.96. The van der Waals surface area contributed by atoms with E-state index in [1.54, 1.807) is 6.20 Å². The average Bonchev–Trinajstić information content (AvgIpc) is 2.69. The van der Waals surface area contributed by atoms with Gasteiger partial charge in [0, 0.05) is 22.3 Å². The lowest BCUT2D eigenvalue weighted by atomic mass is 10.0. The molecule has 0 aliphatic heterocycles. The smallest absolute Gasteiger partial charge is 0.159 e. The number of aromatic nitrogens is 2. The SMILES string of the molecule is Clc1ccc(-c2ccnc(-c3ccc(-c4ccccc4)cc3)n2)cc1. The van der Waals surface area contributed by atoms with Crippen LogP contribution in [0.1, 0.15) is 0 Å². The molecular formula is C22H15ClN2. The van der Waals surface area contributed by atoms with Gasteiger partial charge in [-0.2, -0.15) is 0 Å². The van der Waals surface area contributed by atoms with Crippen LogP contribution in [0.4, 0.5) is 0 Å². The van der Waals surface area contributed by atoms with Crippen LogP contribution in [-0.2, 0) is 0 Å². The summed E-state index contributed by atoms with van der Waals surface area (Å²) in [5.74, 6) is 0.715. The molecule has 0 unspecified atom stereocenters.